The van der Waals surface area contributed by atoms with Crippen molar-refractivity contribution in [2.24, 2.45) is 0 Å². The van der Waals surface area contributed by atoms with Crippen LogP contribution >= 0.6 is 22.9 Å². The van der Waals surface area contributed by atoms with Crippen LogP contribution < -0.4 is 0 Å². The lowest BCUT2D eigenvalue weighted by molar-refractivity contribution is 0.625. The molecule has 0 N–H and O–H groups in total. The maximum atomic E-state index is 13.7. The van der Waals surface area contributed by atoms with E-state index in [1.165, 1.54) is 23.5 Å². The maximum Gasteiger partial charge on any atom is 0.134 e. The van der Waals surface area contributed by atoms with Gasteiger partial charge in [-0.15, -0.1) is 11.3 Å². The Morgan fingerprint density at radius 1 is 1.17 bits per heavy atom. The molecule has 1 heterocycles. The van der Waals surface area contributed by atoms with Gasteiger partial charge in [0.25, 0.3) is 0 Å². The Balaban J connectivity index is 1.96. The molecule has 2 aromatic carbocycles. The first-order valence-electron chi connectivity index (χ1n) is 6.75. The highest BCUT2D eigenvalue weighted by molar-refractivity contribution is 7.11. The highest BCUT2D eigenvalue weighted by Crippen LogP contribution is 2.28. The van der Waals surface area contributed by atoms with E-state index in [9.17, 15) is 9.65 Å². The standard InChI is InChI=1S/C18H10ClFN2S/c19-15-7-5-12(6-8-15)17-11-23-18(22-17)14(10-21)9-13-3-1-2-4-16(13)20/h1-9,11H. The van der Waals surface area contributed by atoms with Crippen LogP contribution in [0.1, 0.15) is 10.6 Å². The topological polar surface area (TPSA) is 36.7 Å². The minimum Gasteiger partial charge on any atom is -0.235 e. The predicted molar refractivity (Wildman–Crippen MR) is 92.4 cm³/mol. The molecule has 0 unspecified atom stereocenters. The number of aromatic nitrogens is 1. The molecule has 23 heavy (non-hydrogen) atoms. The van der Waals surface area contributed by atoms with Crippen LogP contribution in [0.2, 0.25) is 5.02 Å². The van der Waals surface area contributed by atoms with Crippen molar-refractivity contribution in [2.45, 2.75) is 0 Å². The van der Waals surface area contributed by atoms with E-state index in [1.54, 1.807) is 30.3 Å². The number of nitriles is 1. The molecule has 112 valence electrons. The van der Waals surface area contributed by atoms with E-state index < -0.39 is 0 Å². The van der Waals surface area contributed by atoms with Gasteiger partial charge in [-0.1, -0.05) is 41.9 Å². The fraction of sp³-hybridized carbons (Fsp3) is 0. The second kappa shape index (κ2) is 6.74. The Morgan fingerprint density at radius 2 is 1.91 bits per heavy atom. The first-order valence-corrected chi connectivity index (χ1v) is 8.01. The van der Waals surface area contributed by atoms with Crippen LogP contribution in [0.3, 0.4) is 0 Å². The maximum absolute atomic E-state index is 13.7. The minimum absolute atomic E-state index is 0.334. The summed E-state index contributed by atoms with van der Waals surface area (Å²) in [6, 6.07) is 15.7. The normalized spacial score (nSPS) is 11.3. The van der Waals surface area contributed by atoms with E-state index in [1.807, 2.05) is 17.5 Å². The molecule has 0 bridgehead atoms. The number of halogens is 2. The van der Waals surface area contributed by atoms with E-state index in [-0.39, 0.29) is 5.82 Å². The zero-order valence-corrected chi connectivity index (χ0v) is 13.4. The summed E-state index contributed by atoms with van der Waals surface area (Å²) in [6.07, 6.45) is 1.51. The van der Waals surface area contributed by atoms with Crippen molar-refractivity contribution >= 4 is 34.6 Å². The predicted octanol–water partition coefficient (Wildman–Crippen LogP) is 5.67. The summed E-state index contributed by atoms with van der Waals surface area (Å²) < 4.78 is 13.7. The van der Waals surface area contributed by atoms with Crippen molar-refractivity contribution in [3.8, 4) is 17.3 Å². The number of rotatable bonds is 3. The number of hydrogen-bond acceptors (Lipinski definition) is 3. The molecular weight excluding hydrogens is 331 g/mol. The first kappa shape index (κ1) is 15.4. The summed E-state index contributed by atoms with van der Waals surface area (Å²) in [4.78, 5) is 4.47. The van der Waals surface area contributed by atoms with Gasteiger partial charge in [0.2, 0.25) is 0 Å². The lowest BCUT2D eigenvalue weighted by Crippen LogP contribution is -1.85. The highest BCUT2D eigenvalue weighted by Gasteiger charge is 2.10. The van der Waals surface area contributed by atoms with E-state index in [4.69, 9.17) is 11.6 Å². The molecule has 0 saturated heterocycles. The zero-order chi connectivity index (χ0) is 16.2. The smallest absolute Gasteiger partial charge is 0.134 e. The monoisotopic (exact) mass is 340 g/mol. The second-order valence-corrected chi connectivity index (χ2v) is 6.03. The van der Waals surface area contributed by atoms with Crippen LogP contribution in [0.4, 0.5) is 4.39 Å². The van der Waals surface area contributed by atoms with E-state index in [2.05, 4.69) is 11.1 Å². The van der Waals surface area contributed by atoms with Crippen LogP contribution in [0.5, 0.6) is 0 Å². The molecule has 2 nitrogen and oxygen atoms in total. The van der Waals surface area contributed by atoms with Gasteiger partial charge in [-0.25, -0.2) is 9.37 Å². The molecular formula is C18H10ClFN2S. The van der Waals surface area contributed by atoms with Crippen molar-refractivity contribution in [1.82, 2.24) is 4.98 Å². The molecule has 5 heteroatoms. The zero-order valence-electron chi connectivity index (χ0n) is 11.8. The van der Waals surface area contributed by atoms with Crippen molar-refractivity contribution in [2.75, 3.05) is 0 Å². The van der Waals surface area contributed by atoms with E-state index in [0.717, 1.165) is 11.3 Å². The Kier molecular flexibility index (Phi) is 4.52. The summed E-state index contributed by atoms with van der Waals surface area (Å²) >= 11 is 7.23. The molecule has 0 fully saturated rings. The van der Waals surface area contributed by atoms with Crippen molar-refractivity contribution in [3.63, 3.8) is 0 Å². The Hall–Kier alpha value is -2.48. The summed E-state index contributed by atoms with van der Waals surface area (Å²) in [7, 11) is 0. The highest BCUT2D eigenvalue weighted by atomic mass is 35.5. The van der Waals surface area contributed by atoms with Gasteiger partial charge in [-0.2, -0.15) is 5.26 Å². The summed E-state index contributed by atoms with van der Waals surface area (Å²) in [5.74, 6) is -0.366. The molecule has 0 atom stereocenters. The van der Waals surface area contributed by atoms with Crippen LogP contribution in [0.15, 0.2) is 53.9 Å². The molecule has 1 aromatic heterocycles. The van der Waals surface area contributed by atoms with Gasteiger partial charge in [0.15, 0.2) is 0 Å². The Labute approximate surface area is 142 Å². The van der Waals surface area contributed by atoms with Gasteiger partial charge in [-0.05, 0) is 24.3 Å². The fourth-order valence-electron chi connectivity index (χ4n) is 2.04. The third-order valence-electron chi connectivity index (χ3n) is 3.20. The quantitative estimate of drug-likeness (QED) is 0.576. The molecule has 3 rings (SSSR count). The fourth-order valence-corrected chi connectivity index (χ4v) is 2.96. The van der Waals surface area contributed by atoms with Crippen molar-refractivity contribution in [3.05, 3.63) is 75.3 Å². The van der Waals surface area contributed by atoms with Gasteiger partial charge >= 0.3 is 0 Å². The lowest BCUT2D eigenvalue weighted by atomic mass is 10.1. The lowest BCUT2D eigenvalue weighted by Gasteiger charge is -1.98. The summed E-state index contributed by atoms with van der Waals surface area (Å²) in [5, 5.41) is 12.4. The van der Waals surface area contributed by atoms with Crippen LogP contribution in [-0.2, 0) is 0 Å². The summed E-state index contributed by atoms with van der Waals surface area (Å²) in [5.41, 5.74) is 2.38. The molecule has 0 aliphatic heterocycles. The molecule has 0 aliphatic carbocycles. The van der Waals surface area contributed by atoms with Gasteiger partial charge in [0.1, 0.15) is 16.9 Å². The third-order valence-corrected chi connectivity index (χ3v) is 4.33. The molecule has 0 radical (unpaired) electrons. The van der Waals surface area contributed by atoms with Crippen molar-refractivity contribution in [1.29, 1.82) is 5.26 Å². The van der Waals surface area contributed by atoms with Crippen LogP contribution in [-0.4, -0.2) is 4.98 Å². The minimum atomic E-state index is -0.366. The average molecular weight is 341 g/mol. The molecule has 0 aliphatic rings. The number of benzene rings is 2. The van der Waals surface area contributed by atoms with Gasteiger partial charge in [-0.3, -0.25) is 0 Å². The second-order valence-electron chi connectivity index (χ2n) is 4.74. The molecule has 0 saturated carbocycles. The number of allylic oxidation sites excluding steroid dienone is 1. The number of thiazole rings is 1. The number of hydrogen-bond donors (Lipinski definition) is 0. The van der Waals surface area contributed by atoms with Gasteiger partial charge < -0.3 is 0 Å². The van der Waals surface area contributed by atoms with E-state index in [0.29, 0.717) is 21.2 Å². The van der Waals surface area contributed by atoms with E-state index >= 15 is 0 Å². The van der Waals surface area contributed by atoms with Gasteiger partial charge in [0.05, 0.1) is 11.3 Å². The Bertz CT molecular complexity index is 907. The van der Waals surface area contributed by atoms with Crippen molar-refractivity contribution < 1.29 is 4.39 Å². The Morgan fingerprint density at radius 3 is 2.61 bits per heavy atom. The average Bonchev–Trinajstić information content (AvgIpc) is 3.04. The number of nitrogens with zero attached hydrogens (tertiary/aromatic N) is 2. The van der Waals surface area contributed by atoms with Gasteiger partial charge in [0, 0.05) is 21.5 Å². The SMILES string of the molecule is N#CC(=Cc1ccccc1F)c1nc(-c2ccc(Cl)cc2)cs1. The first-order chi connectivity index (χ1) is 11.2. The largest absolute Gasteiger partial charge is 0.235 e. The molecule has 0 spiro atoms. The van der Waals surface area contributed by atoms with Crippen LogP contribution in [0.25, 0.3) is 22.9 Å². The molecule has 3 aromatic rings. The third kappa shape index (κ3) is 3.48. The molecule has 0 amide bonds. The van der Waals surface area contributed by atoms with Crippen LogP contribution in [0, 0.1) is 17.1 Å². The summed E-state index contributed by atoms with van der Waals surface area (Å²) in [6.45, 7) is 0.